The molecule has 1 aliphatic heterocycles. The number of sulfonamides is 1. The predicted octanol–water partition coefficient (Wildman–Crippen LogP) is 2.38. The highest BCUT2D eigenvalue weighted by molar-refractivity contribution is 7.89. The fraction of sp³-hybridized carbons (Fsp3) is 0.263. The summed E-state index contributed by atoms with van der Waals surface area (Å²) in [5.74, 6) is 0.390. The molecule has 2 aromatic rings. The van der Waals surface area contributed by atoms with Crippen LogP contribution < -0.4 is 10.6 Å². The molecule has 0 saturated heterocycles. The van der Waals surface area contributed by atoms with Gasteiger partial charge >= 0.3 is 0 Å². The first kappa shape index (κ1) is 20.1. The van der Waals surface area contributed by atoms with E-state index < -0.39 is 10.0 Å². The van der Waals surface area contributed by atoms with E-state index in [0.29, 0.717) is 12.3 Å². The minimum Gasteiger partial charge on any atom is -0.410 e. The number of benzene rings is 2. The van der Waals surface area contributed by atoms with Crippen LogP contribution in [0.2, 0.25) is 0 Å². The Hall–Kier alpha value is -2.19. The van der Waals surface area contributed by atoms with E-state index in [1.165, 1.54) is 12.1 Å². The number of aliphatic hydroxyl groups is 1. The number of hydroxylamine groups is 1. The largest absolute Gasteiger partial charge is 0.410 e. The summed E-state index contributed by atoms with van der Waals surface area (Å²) in [4.78, 5) is 5.42. The lowest BCUT2D eigenvalue weighted by Crippen LogP contribution is -2.30. The average Bonchev–Trinajstić information content (AvgIpc) is 2.69. The molecule has 1 aliphatic rings. The van der Waals surface area contributed by atoms with Crippen LogP contribution in [-0.2, 0) is 14.9 Å². The van der Waals surface area contributed by atoms with Gasteiger partial charge < -0.3 is 9.94 Å². The Morgan fingerprint density at radius 1 is 1.12 bits per heavy atom. The molecule has 4 N–H and O–H groups in total. The second-order valence-electron chi connectivity index (χ2n) is 5.48. The SMILES string of the molecule is CC.NS(=O)(=O)c1ccc(C2=C(CO)ONCC2c2ccccc2)cc1. The molecule has 140 valence electrons. The van der Waals surface area contributed by atoms with Crippen LogP contribution in [0.25, 0.3) is 5.57 Å². The molecule has 7 heteroatoms. The average molecular weight is 376 g/mol. The Balaban J connectivity index is 0.00000117. The van der Waals surface area contributed by atoms with E-state index in [0.717, 1.165) is 16.7 Å². The smallest absolute Gasteiger partial charge is 0.238 e. The molecule has 1 atom stereocenters. The van der Waals surface area contributed by atoms with Gasteiger partial charge in [0, 0.05) is 18.0 Å². The van der Waals surface area contributed by atoms with E-state index in [2.05, 4.69) is 5.48 Å². The minimum atomic E-state index is -3.74. The Morgan fingerprint density at radius 3 is 2.27 bits per heavy atom. The van der Waals surface area contributed by atoms with Gasteiger partial charge in [0.05, 0.1) is 4.90 Å². The van der Waals surface area contributed by atoms with Crippen LogP contribution >= 0.6 is 0 Å². The van der Waals surface area contributed by atoms with Crippen LogP contribution in [0, 0.1) is 0 Å². The van der Waals surface area contributed by atoms with Gasteiger partial charge in [0.25, 0.3) is 0 Å². The molecule has 0 spiro atoms. The van der Waals surface area contributed by atoms with Crippen molar-refractivity contribution in [2.24, 2.45) is 5.14 Å². The molecule has 2 aromatic carbocycles. The molecule has 0 aromatic heterocycles. The van der Waals surface area contributed by atoms with E-state index in [4.69, 9.17) is 9.98 Å². The van der Waals surface area contributed by atoms with E-state index in [-0.39, 0.29) is 17.4 Å². The molecule has 0 fully saturated rings. The number of aliphatic hydroxyl groups excluding tert-OH is 1. The van der Waals surface area contributed by atoms with Crippen LogP contribution in [0.4, 0.5) is 0 Å². The van der Waals surface area contributed by atoms with Crippen LogP contribution in [-0.4, -0.2) is 26.7 Å². The Morgan fingerprint density at radius 2 is 1.73 bits per heavy atom. The number of primary sulfonamides is 1. The fourth-order valence-electron chi connectivity index (χ4n) is 2.84. The van der Waals surface area contributed by atoms with E-state index >= 15 is 0 Å². The van der Waals surface area contributed by atoms with Crippen molar-refractivity contribution >= 4 is 15.6 Å². The molecule has 1 unspecified atom stereocenters. The summed E-state index contributed by atoms with van der Waals surface area (Å²) in [7, 11) is -3.74. The maximum atomic E-state index is 11.4. The number of nitrogens with one attached hydrogen (secondary N) is 1. The monoisotopic (exact) mass is 376 g/mol. The summed E-state index contributed by atoms with van der Waals surface area (Å²) in [6.45, 7) is 4.28. The van der Waals surface area contributed by atoms with Crippen LogP contribution in [0.5, 0.6) is 0 Å². The first-order valence-electron chi connectivity index (χ1n) is 8.42. The van der Waals surface area contributed by atoms with Crippen molar-refractivity contribution in [3.05, 3.63) is 71.5 Å². The van der Waals surface area contributed by atoms with Gasteiger partial charge in [-0.2, -0.15) is 5.48 Å². The van der Waals surface area contributed by atoms with Crippen molar-refractivity contribution < 1.29 is 18.4 Å². The van der Waals surface area contributed by atoms with Gasteiger partial charge in [-0.3, -0.25) is 0 Å². The topological polar surface area (TPSA) is 102 Å². The van der Waals surface area contributed by atoms with Gasteiger partial charge in [-0.25, -0.2) is 13.6 Å². The van der Waals surface area contributed by atoms with Crippen LogP contribution in [0.1, 0.15) is 30.9 Å². The molecule has 0 radical (unpaired) electrons. The van der Waals surface area contributed by atoms with Gasteiger partial charge in [-0.1, -0.05) is 56.3 Å². The Labute approximate surface area is 154 Å². The normalized spacial score (nSPS) is 17.2. The van der Waals surface area contributed by atoms with Gasteiger partial charge in [0.1, 0.15) is 6.61 Å². The lowest BCUT2D eigenvalue weighted by molar-refractivity contribution is 0.0671. The molecule has 26 heavy (non-hydrogen) atoms. The highest BCUT2D eigenvalue weighted by Gasteiger charge is 2.27. The first-order chi connectivity index (χ1) is 12.5. The molecule has 3 rings (SSSR count). The first-order valence-corrected chi connectivity index (χ1v) is 9.97. The summed E-state index contributed by atoms with van der Waals surface area (Å²) >= 11 is 0. The third-order valence-corrected chi connectivity index (χ3v) is 4.90. The summed E-state index contributed by atoms with van der Waals surface area (Å²) in [6.07, 6.45) is 0. The second kappa shape index (κ2) is 8.95. The zero-order valence-electron chi connectivity index (χ0n) is 14.8. The molecule has 1 heterocycles. The second-order valence-corrected chi connectivity index (χ2v) is 7.04. The van der Waals surface area contributed by atoms with Crippen molar-refractivity contribution in [2.75, 3.05) is 13.2 Å². The van der Waals surface area contributed by atoms with Gasteiger partial charge in [-0.15, -0.1) is 0 Å². The Kier molecular flexibility index (Phi) is 6.93. The zero-order chi connectivity index (χ0) is 19.2. The highest BCUT2D eigenvalue weighted by Crippen LogP contribution is 2.37. The summed E-state index contributed by atoms with van der Waals surface area (Å²) in [5, 5.41) is 14.8. The maximum absolute atomic E-state index is 11.4. The van der Waals surface area contributed by atoms with Crippen molar-refractivity contribution in [3.63, 3.8) is 0 Å². The quantitative estimate of drug-likeness (QED) is 0.760. The van der Waals surface area contributed by atoms with Gasteiger partial charge in [0.15, 0.2) is 5.76 Å². The standard InChI is InChI=1S/C17H18N2O4S.C2H6/c18-24(21,22)14-8-6-13(7-9-14)17-15(10-19-23-16(17)11-20)12-4-2-1-3-5-12;1-2/h1-9,15,19-20H,10-11H2,(H2,18,21,22);1-2H3. The highest BCUT2D eigenvalue weighted by atomic mass is 32.2. The lowest BCUT2D eigenvalue weighted by Gasteiger charge is -2.29. The van der Waals surface area contributed by atoms with E-state index in [1.807, 2.05) is 44.2 Å². The number of nitrogens with two attached hydrogens (primary N) is 1. The van der Waals surface area contributed by atoms with Crippen molar-refractivity contribution in [1.29, 1.82) is 0 Å². The number of hydrogen-bond acceptors (Lipinski definition) is 5. The summed E-state index contributed by atoms with van der Waals surface area (Å²) in [5.41, 5.74) is 5.51. The summed E-state index contributed by atoms with van der Waals surface area (Å²) in [6, 6.07) is 16.1. The maximum Gasteiger partial charge on any atom is 0.238 e. The van der Waals surface area contributed by atoms with Gasteiger partial charge in [-0.05, 0) is 23.3 Å². The molecular formula is C19H24N2O4S. The van der Waals surface area contributed by atoms with Gasteiger partial charge in [0.2, 0.25) is 10.0 Å². The third kappa shape index (κ3) is 4.50. The lowest BCUT2D eigenvalue weighted by atomic mass is 9.85. The molecule has 0 bridgehead atoms. The molecule has 0 amide bonds. The molecular weight excluding hydrogens is 352 g/mol. The van der Waals surface area contributed by atoms with Crippen molar-refractivity contribution in [1.82, 2.24) is 5.48 Å². The Bertz CT molecular complexity index is 847. The predicted molar refractivity (Wildman–Crippen MR) is 101 cm³/mol. The summed E-state index contributed by atoms with van der Waals surface area (Å²) < 4.78 is 22.8. The minimum absolute atomic E-state index is 0.0255. The van der Waals surface area contributed by atoms with Crippen LogP contribution in [0.15, 0.2) is 65.3 Å². The number of hydrogen-bond donors (Lipinski definition) is 3. The van der Waals surface area contributed by atoms with Crippen molar-refractivity contribution in [2.45, 2.75) is 24.7 Å². The third-order valence-electron chi connectivity index (χ3n) is 3.97. The zero-order valence-corrected chi connectivity index (χ0v) is 15.7. The molecule has 0 saturated carbocycles. The fourth-order valence-corrected chi connectivity index (χ4v) is 3.35. The van der Waals surface area contributed by atoms with E-state index in [9.17, 15) is 13.5 Å². The van der Waals surface area contributed by atoms with Crippen molar-refractivity contribution in [3.8, 4) is 0 Å². The van der Waals surface area contributed by atoms with E-state index in [1.54, 1.807) is 12.1 Å². The number of rotatable bonds is 4. The molecule has 6 nitrogen and oxygen atoms in total. The van der Waals surface area contributed by atoms with Crippen LogP contribution in [0.3, 0.4) is 0 Å². The molecule has 0 aliphatic carbocycles.